The summed E-state index contributed by atoms with van der Waals surface area (Å²) >= 11 is 6.17. The van der Waals surface area contributed by atoms with Crippen LogP contribution in [0.1, 0.15) is 12.0 Å². The SMILES string of the molecule is CN1CCCN(C)C(C(Cc2cc(F)ccc2Cl)NN)C1. The molecule has 0 amide bonds. The van der Waals surface area contributed by atoms with Crippen LogP contribution in [0.25, 0.3) is 0 Å². The highest BCUT2D eigenvalue weighted by atomic mass is 35.5. The number of benzene rings is 1. The number of nitrogens with zero attached hydrogens (tertiary/aromatic N) is 2. The Kier molecular flexibility index (Phi) is 5.96. The van der Waals surface area contributed by atoms with Crippen LogP contribution in [0.15, 0.2) is 18.2 Å². The fraction of sp³-hybridized carbons (Fsp3) is 0.600. The maximum atomic E-state index is 13.4. The van der Waals surface area contributed by atoms with Crippen molar-refractivity contribution in [2.75, 3.05) is 33.7 Å². The molecule has 0 bridgehead atoms. The van der Waals surface area contributed by atoms with Crippen LogP contribution in [0.4, 0.5) is 4.39 Å². The van der Waals surface area contributed by atoms with Crippen LogP contribution in [-0.4, -0.2) is 55.6 Å². The molecule has 1 saturated heterocycles. The van der Waals surface area contributed by atoms with E-state index in [1.165, 1.54) is 12.1 Å². The van der Waals surface area contributed by atoms with Gasteiger partial charge >= 0.3 is 0 Å². The number of halogens is 2. The van der Waals surface area contributed by atoms with Crippen molar-refractivity contribution in [2.45, 2.75) is 24.9 Å². The molecule has 0 radical (unpaired) electrons. The van der Waals surface area contributed by atoms with Gasteiger partial charge in [0.15, 0.2) is 0 Å². The first-order valence-corrected chi connectivity index (χ1v) is 7.68. The topological polar surface area (TPSA) is 44.5 Å². The van der Waals surface area contributed by atoms with Gasteiger partial charge in [-0.15, -0.1) is 0 Å². The Bertz CT molecular complexity index is 471. The predicted molar refractivity (Wildman–Crippen MR) is 84.8 cm³/mol. The molecular formula is C15H24ClFN4. The zero-order chi connectivity index (χ0) is 15.4. The molecule has 2 rings (SSSR count). The van der Waals surface area contributed by atoms with E-state index in [2.05, 4.69) is 29.3 Å². The van der Waals surface area contributed by atoms with E-state index in [-0.39, 0.29) is 17.9 Å². The molecule has 0 aliphatic carbocycles. The molecule has 1 heterocycles. The minimum absolute atomic E-state index is 0.0230. The number of rotatable bonds is 4. The van der Waals surface area contributed by atoms with E-state index >= 15 is 0 Å². The third-order valence-corrected chi connectivity index (χ3v) is 4.61. The number of nitrogens with one attached hydrogen (secondary N) is 1. The summed E-state index contributed by atoms with van der Waals surface area (Å²) in [6, 6.07) is 4.76. The van der Waals surface area contributed by atoms with Crippen molar-refractivity contribution in [1.29, 1.82) is 0 Å². The van der Waals surface area contributed by atoms with Gasteiger partial charge in [-0.05, 0) is 63.8 Å². The van der Waals surface area contributed by atoms with Gasteiger partial charge in [0.25, 0.3) is 0 Å². The lowest BCUT2D eigenvalue weighted by atomic mass is 9.98. The van der Waals surface area contributed by atoms with E-state index < -0.39 is 0 Å². The normalized spacial score (nSPS) is 23.0. The highest BCUT2D eigenvalue weighted by Crippen LogP contribution is 2.21. The standard InChI is InChI=1S/C15H24ClFN4/c1-20-6-3-7-21(2)15(10-20)14(19-18)9-11-8-12(17)4-5-13(11)16/h4-5,8,14-15,19H,3,6-7,9-10,18H2,1-2H3. The first kappa shape index (κ1) is 16.6. The number of nitrogens with two attached hydrogens (primary N) is 1. The molecule has 1 aromatic rings. The third-order valence-electron chi connectivity index (χ3n) is 4.24. The van der Waals surface area contributed by atoms with E-state index in [1.54, 1.807) is 6.07 Å². The Balaban J connectivity index is 2.16. The second-order valence-electron chi connectivity index (χ2n) is 5.88. The van der Waals surface area contributed by atoms with E-state index in [0.717, 1.165) is 31.6 Å². The summed E-state index contributed by atoms with van der Waals surface area (Å²) in [7, 11) is 4.23. The Hall–Kier alpha value is -0.720. The number of likely N-dealkylation sites (N-methyl/N-ethyl adjacent to an activating group) is 2. The molecule has 0 spiro atoms. The van der Waals surface area contributed by atoms with Crippen LogP contribution in [0.2, 0.25) is 5.02 Å². The summed E-state index contributed by atoms with van der Waals surface area (Å²) < 4.78 is 13.4. The molecule has 2 atom stereocenters. The summed E-state index contributed by atoms with van der Waals surface area (Å²) in [5, 5.41) is 0.585. The zero-order valence-electron chi connectivity index (χ0n) is 12.6. The average molecular weight is 315 g/mol. The molecule has 1 aliphatic heterocycles. The summed E-state index contributed by atoms with van der Waals surface area (Å²) in [5.41, 5.74) is 3.69. The van der Waals surface area contributed by atoms with Gasteiger partial charge < -0.3 is 9.80 Å². The Labute approximate surface area is 131 Å². The smallest absolute Gasteiger partial charge is 0.123 e. The molecule has 118 valence electrons. The average Bonchev–Trinajstić information content (AvgIpc) is 2.61. The predicted octanol–water partition coefficient (Wildman–Crippen LogP) is 1.49. The highest BCUT2D eigenvalue weighted by Gasteiger charge is 2.28. The molecule has 1 fully saturated rings. The van der Waals surface area contributed by atoms with Crippen molar-refractivity contribution in [1.82, 2.24) is 15.2 Å². The van der Waals surface area contributed by atoms with Gasteiger partial charge in [-0.1, -0.05) is 11.6 Å². The van der Waals surface area contributed by atoms with Crippen molar-refractivity contribution in [3.63, 3.8) is 0 Å². The van der Waals surface area contributed by atoms with E-state index in [9.17, 15) is 4.39 Å². The number of hydrogen-bond donors (Lipinski definition) is 2. The van der Waals surface area contributed by atoms with Crippen LogP contribution < -0.4 is 11.3 Å². The van der Waals surface area contributed by atoms with Gasteiger partial charge in [-0.2, -0.15) is 0 Å². The largest absolute Gasteiger partial charge is 0.305 e. The highest BCUT2D eigenvalue weighted by molar-refractivity contribution is 6.31. The lowest BCUT2D eigenvalue weighted by Gasteiger charge is -2.34. The fourth-order valence-corrected chi connectivity index (χ4v) is 3.18. The van der Waals surface area contributed by atoms with Crippen LogP contribution in [-0.2, 0) is 6.42 Å². The molecule has 1 aromatic carbocycles. The van der Waals surface area contributed by atoms with Crippen LogP contribution in [0.5, 0.6) is 0 Å². The molecule has 3 N–H and O–H groups in total. The second-order valence-corrected chi connectivity index (χ2v) is 6.28. The molecule has 0 saturated carbocycles. The summed E-state index contributed by atoms with van der Waals surface area (Å²) in [4.78, 5) is 4.63. The summed E-state index contributed by atoms with van der Waals surface area (Å²) in [6.07, 6.45) is 1.75. The zero-order valence-corrected chi connectivity index (χ0v) is 13.4. The molecule has 21 heavy (non-hydrogen) atoms. The van der Waals surface area contributed by atoms with E-state index in [1.807, 2.05) is 0 Å². The maximum Gasteiger partial charge on any atom is 0.123 e. The minimum atomic E-state index is -0.267. The first-order chi connectivity index (χ1) is 10.0. The van der Waals surface area contributed by atoms with Crippen molar-refractivity contribution < 1.29 is 4.39 Å². The molecule has 2 unspecified atom stereocenters. The summed E-state index contributed by atoms with van der Waals surface area (Å²) in [6.45, 7) is 3.04. The van der Waals surface area contributed by atoms with Crippen molar-refractivity contribution in [3.8, 4) is 0 Å². The molecule has 0 aromatic heterocycles. The molecule has 1 aliphatic rings. The lowest BCUT2D eigenvalue weighted by molar-refractivity contribution is 0.177. The first-order valence-electron chi connectivity index (χ1n) is 7.30. The van der Waals surface area contributed by atoms with Gasteiger partial charge in [0, 0.05) is 23.7 Å². The van der Waals surface area contributed by atoms with Gasteiger partial charge in [0.2, 0.25) is 0 Å². The molecule has 4 nitrogen and oxygen atoms in total. The number of hydrazine groups is 1. The Morgan fingerprint density at radius 2 is 2.19 bits per heavy atom. The Morgan fingerprint density at radius 3 is 2.90 bits per heavy atom. The third kappa shape index (κ3) is 4.37. The Morgan fingerprint density at radius 1 is 1.43 bits per heavy atom. The van der Waals surface area contributed by atoms with Crippen molar-refractivity contribution in [2.24, 2.45) is 5.84 Å². The van der Waals surface area contributed by atoms with E-state index in [4.69, 9.17) is 17.4 Å². The van der Waals surface area contributed by atoms with Crippen molar-refractivity contribution >= 4 is 11.6 Å². The van der Waals surface area contributed by atoms with E-state index in [0.29, 0.717) is 11.4 Å². The van der Waals surface area contributed by atoms with Crippen LogP contribution >= 0.6 is 11.6 Å². The number of hydrogen-bond acceptors (Lipinski definition) is 4. The van der Waals surface area contributed by atoms with Crippen LogP contribution in [0, 0.1) is 5.82 Å². The maximum absolute atomic E-state index is 13.4. The van der Waals surface area contributed by atoms with Crippen molar-refractivity contribution in [3.05, 3.63) is 34.6 Å². The lowest BCUT2D eigenvalue weighted by Crippen LogP contribution is -2.55. The molecule has 6 heteroatoms. The van der Waals surface area contributed by atoms with Gasteiger partial charge in [-0.3, -0.25) is 11.3 Å². The van der Waals surface area contributed by atoms with Gasteiger partial charge in [0.05, 0.1) is 0 Å². The molecular weight excluding hydrogens is 291 g/mol. The second kappa shape index (κ2) is 7.51. The quantitative estimate of drug-likeness (QED) is 0.653. The fourth-order valence-electron chi connectivity index (χ4n) is 2.98. The monoisotopic (exact) mass is 314 g/mol. The van der Waals surface area contributed by atoms with Gasteiger partial charge in [-0.25, -0.2) is 4.39 Å². The minimum Gasteiger partial charge on any atom is -0.305 e. The van der Waals surface area contributed by atoms with Gasteiger partial charge in [0.1, 0.15) is 5.82 Å². The van der Waals surface area contributed by atoms with Crippen LogP contribution in [0.3, 0.4) is 0 Å². The summed E-state index contributed by atoms with van der Waals surface area (Å²) in [5.74, 6) is 5.50.